The summed E-state index contributed by atoms with van der Waals surface area (Å²) in [6, 6.07) is 9.95. The normalized spacial score (nSPS) is 13.4. The molecule has 5 heteroatoms. The van der Waals surface area contributed by atoms with E-state index >= 15 is 0 Å². The van der Waals surface area contributed by atoms with Gasteiger partial charge in [-0.15, -0.1) is 0 Å². The van der Waals surface area contributed by atoms with Gasteiger partial charge in [0.1, 0.15) is 7.37 Å². The highest BCUT2D eigenvalue weighted by Gasteiger charge is 2.25. The number of aryl methyl sites for hydroxylation is 3. The van der Waals surface area contributed by atoms with Crippen molar-refractivity contribution in [3.63, 3.8) is 0 Å². The van der Waals surface area contributed by atoms with Crippen LogP contribution in [-0.2, 0) is 4.57 Å². The van der Waals surface area contributed by atoms with E-state index in [0.717, 1.165) is 17.8 Å². The Hall–Kier alpha value is -1.90. The summed E-state index contributed by atoms with van der Waals surface area (Å²) in [5.74, 6) is 0. The molecule has 1 N–H and O–H groups in total. The van der Waals surface area contributed by atoms with Crippen molar-refractivity contribution in [3.8, 4) is 0 Å². The van der Waals surface area contributed by atoms with Gasteiger partial charge >= 0.3 is 0 Å². The molecular formula is C18H21NO3P-. The Morgan fingerprint density at radius 3 is 2.09 bits per heavy atom. The summed E-state index contributed by atoms with van der Waals surface area (Å²) in [6.45, 7) is 8.15. The number of carbonyl (C=O) groups excluding carboxylic acids is 1. The number of hydrogen-bond acceptors (Lipinski definition) is 4. The van der Waals surface area contributed by atoms with E-state index in [4.69, 9.17) is 0 Å². The number of carbonyl (C=O) groups is 1. The van der Waals surface area contributed by atoms with E-state index in [1.54, 1.807) is 26.0 Å². The van der Waals surface area contributed by atoms with Crippen molar-refractivity contribution < 1.29 is 14.3 Å². The minimum Gasteiger partial charge on any atom is -0.790 e. The molecule has 23 heavy (non-hydrogen) atoms. The van der Waals surface area contributed by atoms with Crippen LogP contribution in [0.25, 0.3) is 0 Å². The first kappa shape index (κ1) is 17.5. The number of rotatable bonds is 5. The molecular weight excluding hydrogens is 309 g/mol. The molecule has 0 aliphatic rings. The Morgan fingerprint density at radius 1 is 1.09 bits per heavy atom. The minimum absolute atomic E-state index is 0.0449. The zero-order valence-electron chi connectivity index (χ0n) is 13.8. The highest BCUT2D eigenvalue weighted by molar-refractivity contribution is 7.81. The maximum absolute atomic E-state index is 12.6. The second-order valence-electron chi connectivity index (χ2n) is 5.71. The predicted octanol–water partition coefficient (Wildman–Crippen LogP) is 3.15. The van der Waals surface area contributed by atoms with Gasteiger partial charge in [-0.25, -0.2) is 0 Å². The van der Waals surface area contributed by atoms with Gasteiger partial charge in [0.25, 0.3) is 0 Å². The van der Waals surface area contributed by atoms with E-state index in [9.17, 15) is 14.3 Å². The largest absolute Gasteiger partial charge is 0.790 e. The minimum atomic E-state index is -4.38. The Labute approximate surface area is 137 Å². The number of anilines is 1. The molecule has 2 rings (SSSR count). The number of hydrogen-bond donors (Lipinski definition) is 1. The molecule has 122 valence electrons. The molecule has 0 saturated heterocycles. The summed E-state index contributed by atoms with van der Waals surface area (Å²) in [6.07, 6.45) is 0. The van der Waals surface area contributed by atoms with Crippen LogP contribution < -0.4 is 15.5 Å². The third-order valence-electron chi connectivity index (χ3n) is 3.75. The van der Waals surface area contributed by atoms with Crippen molar-refractivity contribution >= 4 is 23.9 Å². The van der Waals surface area contributed by atoms with Gasteiger partial charge in [0.05, 0.1) is 0 Å². The van der Waals surface area contributed by atoms with Gasteiger partial charge in [0.15, 0.2) is 0 Å². The fourth-order valence-electron chi connectivity index (χ4n) is 2.76. The number of nitrogens with one attached hydrogen (secondary N) is 1. The molecule has 0 bridgehead atoms. The van der Waals surface area contributed by atoms with Crippen LogP contribution in [-0.4, -0.2) is 12.1 Å². The van der Waals surface area contributed by atoms with Crippen LogP contribution >= 0.6 is 7.37 Å². The summed E-state index contributed by atoms with van der Waals surface area (Å²) in [5.41, 5.74) is 2.67. The highest BCUT2D eigenvalue weighted by Crippen LogP contribution is 2.40. The van der Waals surface area contributed by atoms with Gasteiger partial charge in [-0.1, -0.05) is 29.8 Å². The van der Waals surface area contributed by atoms with Crippen molar-refractivity contribution in [2.45, 2.75) is 27.7 Å². The predicted molar refractivity (Wildman–Crippen MR) is 92.8 cm³/mol. The molecule has 2 aromatic rings. The van der Waals surface area contributed by atoms with Gasteiger partial charge in [-0.3, -0.25) is 4.79 Å². The Kier molecular flexibility index (Phi) is 5.08. The SMILES string of the molecule is CCNc1ccc(P(=O)([O-])C(=O)c2c(C)cc(C)cc2C)cc1. The first-order valence-electron chi connectivity index (χ1n) is 7.55. The smallest absolute Gasteiger partial charge is 0.212 e. The fourth-order valence-corrected chi connectivity index (χ4v) is 4.18. The van der Waals surface area contributed by atoms with Crippen LogP contribution in [0, 0.1) is 20.8 Å². The van der Waals surface area contributed by atoms with E-state index in [1.165, 1.54) is 12.1 Å². The standard InChI is InChI=1S/C18H22NO3P/c1-5-19-15-6-8-16(9-7-15)23(21,22)18(20)17-13(3)10-12(2)11-14(17)4/h6-11,19H,5H2,1-4H3,(H,21,22)/p-1. The summed E-state index contributed by atoms with van der Waals surface area (Å²) < 4.78 is 12.6. The van der Waals surface area contributed by atoms with Gasteiger partial charge in [0.2, 0.25) is 5.52 Å². The average molecular weight is 330 g/mol. The lowest BCUT2D eigenvalue weighted by Gasteiger charge is -2.24. The zero-order valence-corrected chi connectivity index (χ0v) is 14.7. The molecule has 0 spiro atoms. The van der Waals surface area contributed by atoms with Gasteiger partial charge < -0.3 is 14.8 Å². The van der Waals surface area contributed by atoms with Gasteiger partial charge in [-0.2, -0.15) is 0 Å². The van der Waals surface area contributed by atoms with Crippen LogP contribution in [0.4, 0.5) is 5.69 Å². The van der Waals surface area contributed by atoms with Crippen LogP contribution in [0.5, 0.6) is 0 Å². The molecule has 0 saturated carbocycles. The molecule has 0 aliphatic heterocycles. The van der Waals surface area contributed by atoms with E-state index in [-0.39, 0.29) is 10.9 Å². The fraction of sp³-hybridized carbons (Fsp3) is 0.278. The summed E-state index contributed by atoms with van der Waals surface area (Å²) in [7, 11) is -4.38. The topological polar surface area (TPSA) is 69.2 Å². The average Bonchev–Trinajstić information content (AvgIpc) is 2.47. The third-order valence-corrected chi connectivity index (χ3v) is 5.48. The van der Waals surface area contributed by atoms with Crippen molar-refractivity contribution in [1.29, 1.82) is 0 Å². The molecule has 0 heterocycles. The van der Waals surface area contributed by atoms with Crippen LogP contribution in [0.1, 0.15) is 34.0 Å². The monoisotopic (exact) mass is 330 g/mol. The van der Waals surface area contributed by atoms with Crippen LogP contribution in [0.15, 0.2) is 36.4 Å². The first-order valence-corrected chi connectivity index (χ1v) is 9.18. The maximum atomic E-state index is 12.6. The van der Waals surface area contributed by atoms with Crippen molar-refractivity contribution in [1.82, 2.24) is 0 Å². The molecule has 4 nitrogen and oxygen atoms in total. The quantitative estimate of drug-likeness (QED) is 0.855. The van der Waals surface area contributed by atoms with Gasteiger partial charge in [0, 0.05) is 23.1 Å². The molecule has 0 radical (unpaired) electrons. The van der Waals surface area contributed by atoms with Crippen molar-refractivity contribution in [2.24, 2.45) is 0 Å². The molecule has 0 aliphatic carbocycles. The van der Waals surface area contributed by atoms with Gasteiger partial charge in [-0.05, 0) is 51.0 Å². The molecule has 0 aromatic heterocycles. The highest BCUT2D eigenvalue weighted by atomic mass is 31.2. The van der Waals surface area contributed by atoms with Crippen LogP contribution in [0.2, 0.25) is 0 Å². The van der Waals surface area contributed by atoms with Crippen LogP contribution in [0.3, 0.4) is 0 Å². The molecule has 0 fully saturated rings. The first-order chi connectivity index (χ1) is 10.8. The second kappa shape index (κ2) is 6.69. The summed E-state index contributed by atoms with van der Waals surface area (Å²) >= 11 is 0. The summed E-state index contributed by atoms with van der Waals surface area (Å²) in [4.78, 5) is 25.3. The third kappa shape index (κ3) is 3.54. The lowest BCUT2D eigenvalue weighted by atomic mass is 10.0. The Bertz CT molecular complexity index is 758. The second-order valence-corrected chi connectivity index (χ2v) is 7.73. The maximum Gasteiger partial charge on any atom is 0.212 e. The van der Waals surface area contributed by atoms with E-state index < -0.39 is 12.9 Å². The number of benzene rings is 2. The van der Waals surface area contributed by atoms with Crippen molar-refractivity contribution in [3.05, 3.63) is 58.7 Å². The molecule has 1 unspecified atom stereocenters. The molecule has 1 atom stereocenters. The molecule has 0 amide bonds. The lowest BCUT2D eigenvalue weighted by Crippen LogP contribution is -2.23. The lowest BCUT2D eigenvalue weighted by molar-refractivity contribution is -0.168. The van der Waals surface area contributed by atoms with E-state index in [2.05, 4.69) is 5.32 Å². The van der Waals surface area contributed by atoms with E-state index in [1.807, 2.05) is 26.0 Å². The summed E-state index contributed by atoms with van der Waals surface area (Å²) in [5, 5.41) is 3.14. The Balaban J connectivity index is 2.43. The van der Waals surface area contributed by atoms with Crippen molar-refractivity contribution in [2.75, 3.05) is 11.9 Å². The Morgan fingerprint density at radius 2 is 1.61 bits per heavy atom. The van der Waals surface area contributed by atoms with E-state index in [0.29, 0.717) is 11.1 Å². The zero-order chi connectivity index (χ0) is 17.2. The molecule has 2 aromatic carbocycles.